The third-order valence-corrected chi connectivity index (χ3v) is 4.32. The summed E-state index contributed by atoms with van der Waals surface area (Å²) in [5.41, 5.74) is 3.80. The van der Waals surface area contributed by atoms with Gasteiger partial charge >= 0.3 is 5.97 Å². The Bertz CT molecular complexity index is 831. The number of rotatable bonds is 8. The minimum atomic E-state index is -1.08. The van der Waals surface area contributed by atoms with E-state index in [1.54, 1.807) is 25.1 Å². The van der Waals surface area contributed by atoms with Crippen molar-refractivity contribution in [1.82, 2.24) is 5.32 Å². The van der Waals surface area contributed by atoms with Crippen LogP contribution in [0.3, 0.4) is 0 Å². The maximum atomic E-state index is 12.7. The number of aryl methyl sites for hydroxylation is 1. The highest BCUT2D eigenvalue weighted by atomic mass is 16.5. The van der Waals surface area contributed by atoms with Gasteiger partial charge in [-0.1, -0.05) is 18.2 Å². The van der Waals surface area contributed by atoms with Crippen molar-refractivity contribution in [3.63, 3.8) is 0 Å². The lowest BCUT2D eigenvalue weighted by Gasteiger charge is -2.18. The lowest BCUT2D eigenvalue weighted by molar-refractivity contribution is -0.139. The molecular weight excluding hydrogens is 346 g/mol. The number of amides is 1. The molecule has 0 bridgehead atoms. The Kier molecular flexibility index (Phi) is 6.82. The van der Waals surface area contributed by atoms with Crippen LogP contribution in [0, 0.1) is 13.8 Å². The molecule has 2 aromatic rings. The molecule has 2 N–H and O–H groups in total. The molecule has 0 saturated heterocycles. The first kappa shape index (κ1) is 20.3. The number of nitrogens with one attached hydrogen (secondary N) is 1. The van der Waals surface area contributed by atoms with E-state index in [-0.39, 0.29) is 11.9 Å². The molecule has 0 aliphatic carbocycles. The van der Waals surface area contributed by atoms with E-state index >= 15 is 0 Å². The van der Waals surface area contributed by atoms with Crippen LogP contribution in [0.15, 0.2) is 36.4 Å². The molecule has 0 saturated carbocycles. The molecule has 0 aliphatic rings. The smallest absolute Gasteiger partial charge is 0.341 e. The van der Waals surface area contributed by atoms with Crippen LogP contribution >= 0.6 is 0 Å². The number of benzene rings is 2. The van der Waals surface area contributed by atoms with Gasteiger partial charge in [-0.3, -0.25) is 4.79 Å². The van der Waals surface area contributed by atoms with Crippen molar-refractivity contribution in [2.45, 2.75) is 33.7 Å². The number of carboxylic acids is 1. The van der Waals surface area contributed by atoms with E-state index in [4.69, 9.17) is 14.6 Å². The lowest BCUT2D eigenvalue weighted by atomic mass is 9.98. The maximum absolute atomic E-state index is 12.7. The first-order valence-electron chi connectivity index (χ1n) is 8.81. The van der Waals surface area contributed by atoms with Gasteiger partial charge in [0.2, 0.25) is 0 Å². The number of carbonyl (C=O) groups excluding carboxylic acids is 1. The number of ether oxygens (including phenoxy) is 2. The Hall–Kier alpha value is -3.02. The topological polar surface area (TPSA) is 84.9 Å². The molecular formula is C21H25NO5. The summed E-state index contributed by atoms with van der Waals surface area (Å²) in [6.45, 7) is 7.71. The zero-order valence-corrected chi connectivity index (χ0v) is 16.0. The molecule has 2 aromatic carbocycles. The van der Waals surface area contributed by atoms with Crippen LogP contribution in [0.5, 0.6) is 11.5 Å². The Balaban J connectivity index is 2.18. The molecule has 0 aromatic heterocycles. The Morgan fingerprint density at radius 1 is 1.11 bits per heavy atom. The predicted molar refractivity (Wildman–Crippen MR) is 103 cm³/mol. The second-order valence-corrected chi connectivity index (χ2v) is 6.26. The van der Waals surface area contributed by atoms with Crippen molar-refractivity contribution in [2.75, 3.05) is 13.2 Å². The molecule has 0 spiro atoms. The van der Waals surface area contributed by atoms with Gasteiger partial charge in [-0.25, -0.2) is 4.79 Å². The number of hydrogen-bond acceptors (Lipinski definition) is 4. The van der Waals surface area contributed by atoms with Crippen LogP contribution in [0.4, 0.5) is 0 Å². The molecule has 0 radical (unpaired) electrons. The highest BCUT2D eigenvalue weighted by Gasteiger charge is 2.16. The summed E-state index contributed by atoms with van der Waals surface area (Å²) in [4.78, 5) is 23.4. The van der Waals surface area contributed by atoms with E-state index in [0.717, 1.165) is 11.1 Å². The monoisotopic (exact) mass is 371 g/mol. The third kappa shape index (κ3) is 5.23. The molecule has 0 fully saturated rings. The molecule has 27 heavy (non-hydrogen) atoms. The van der Waals surface area contributed by atoms with Gasteiger partial charge in [0.05, 0.1) is 12.6 Å². The Labute approximate surface area is 159 Å². The highest BCUT2D eigenvalue weighted by molar-refractivity contribution is 5.95. The van der Waals surface area contributed by atoms with Gasteiger partial charge in [0.1, 0.15) is 0 Å². The zero-order chi connectivity index (χ0) is 20.0. The van der Waals surface area contributed by atoms with Gasteiger partial charge < -0.3 is 19.9 Å². The van der Waals surface area contributed by atoms with E-state index in [9.17, 15) is 9.59 Å². The fraction of sp³-hybridized carbons (Fsp3) is 0.333. The minimum absolute atomic E-state index is 0.157. The number of hydrogen-bond donors (Lipinski definition) is 2. The summed E-state index contributed by atoms with van der Waals surface area (Å²) in [7, 11) is 0. The summed E-state index contributed by atoms with van der Waals surface area (Å²) in [5.74, 6) is -0.695. The van der Waals surface area contributed by atoms with Gasteiger partial charge in [0, 0.05) is 5.56 Å². The van der Waals surface area contributed by atoms with Crippen LogP contribution in [0.1, 0.15) is 46.9 Å². The van der Waals surface area contributed by atoms with Crippen LogP contribution in [-0.4, -0.2) is 30.2 Å². The van der Waals surface area contributed by atoms with Crippen molar-refractivity contribution in [3.05, 3.63) is 58.7 Å². The van der Waals surface area contributed by atoms with Gasteiger partial charge in [-0.2, -0.15) is 0 Å². The second kappa shape index (κ2) is 9.07. The van der Waals surface area contributed by atoms with Crippen LogP contribution in [0.25, 0.3) is 0 Å². The largest absolute Gasteiger partial charge is 0.490 e. The summed E-state index contributed by atoms with van der Waals surface area (Å²) in [5, 5.41) is 11.7. The summed E-state index contributed by atoms with van der Waals surface area (Å²) in [6.07, 6.45) is 0. The average molecular weight is 371 g/mol. The normalized spacial score (nSPS) is 11.6. The van der Waals surface area contributed by atoms with E-state index < -0.39 is 12.6 Å². The first-order valence-corrected chi connectivity index (χ1v) is 8.81. The van der Waals surface area contributed by atoms with Crippen LogP contribution in [0.2, 0.25) is 0 Å². The van der Waals surface area contributed by atoms with Crippen molar-refractivity contribution in [2.24, 2.45) is 0 Å². The van der Waals surface area contributed by atoms with Crippen molar-refractivity contribution < 1.29 is 24.2 Å². The van der Waals surface area contributed by atoms with E-state index in [2.05, 4.69) is 5.32 Å². The number of carbonyl (C=O) groups is 2. The average Bonchev–Trinajstić information content (AvgIpc) is 2.62. The molecule has 0 aliphatic heterocycles. The van der Waals surface area contributed by atoms with E-state index in [1.165, 1.54) is 5.56 Å². The van der Waals surface area contributed by atoms with E-state index in [1.807, 2.05) is 39.0 Å². The second-order valence-electron chi connectivity index (χ2n) is 6.26. The molecule has 2 rings (SSSR count). The molecule has 6 heteroatoms. The molecule has 6 nitrogen and oxygen atoms in total. The maximum Gasteiger partial charge on any atom is 0.341 e. The van der Waals surface area contributed by atoms with Gasteiger partial charge in [-0.15, -0.1) is 0 Å². The van der Waals surface area contributed by atoms with Crippen molar-refractivity contribution in [1.29, 1.82) is 0 Å². The van der Waals surface area contributed by atoms with Gasteiger partial charge in [0.25, 0.3) is 5.91 Å². The Morgan fingerprint density at radius 2 is 1.85 bits per heavy atom. The summed E-state index contributed by atoms with van der Waals surface area (Å²) in [6, 6.07) is 10.6. The molecule has 1 unspecified atom stereocenters. The lowest BCUT2D eigenvalue weighted by Crippen LogP contribution is -2.27. The Morgan fingerprint density at radius 3 is 2.52 bits per heavy atom. The highest BCUT2D eigenvalue weighted by Crippen LogP contribution is 2.29. The fourth-order valence-corrected chi connectivity index (χ4v) is 2.78. The van der Waals surface area contributed by atoms with Gasteiger partial charge in [-0.05, 0) is 62.6 Å². The molecule has 1 amide bonds. The number of carboxylic acid groups (broad SMARTS) is 1. The van der Waals surface area contributed by atoms with E-state index in [0.29, 0.717) is 23.7 Å². The minimum Gasteiger partial charge on any atom is -0.490 e. The van der Waals surface area contributed by atoms with Crippen LogP contribution < -0.4 is 14.8 Å². The first-order chi connectivity index (χ1) is 12.8. The summed E-state index contributed by atoms with van der Waals surface area (Å²) < 4.78 is 10.7. The summed E-state index contributed by atoms with van der Waals surface area (Å²) >= 11 is 0. The van der Waals surface area contributed by atoms with Crippen LogP contribution in [-0.2, 0) is 4.79 Å². The van der Waals surface area contributed by atoms with Crippen molar-refractivity contribution >= 4 is 11.9 Å². The quantitative estimate of drug-likeness (QED) is 0.740. The third-order valence-electron chi connectivity index (χ3n) is 4.32. The molecule has 144 valence electrons. The molecule has 1 atom stereocenters. The van der Waals surface area contributed by atoms with Gasteiger partial charge in [0.15, 0.2) is 18.1 Å². The standard InChI is InChI=1S/C21H25NO5/c1-5-26-19-11-16(9-10-18(19)27-12-20(23)24)21(25)22-15(4)17-8-6-7-13(2)14(17)3/h6-11,15H,5,12H2,1-4H3,(H,22,25)(H,23,24). The zero-order valence-electron chi connectivity index (χ0n) is 16.0. The predicted octanol–water partition coefficient (Wildman–Crippen LogP) is 3.66. The SMILES string of the molecule is CCOc1cc(C(=O)NC(C)c2cccc(C)c2C)ccc1OCC(=O)O. The fourth-order valence-electron chi connectivity index (χ4n) is 2.78. The van der Waals surface area contributed by atoms with Crippen molar-refractivity contribution in [3.8, 4) is 11.5 Å². The number of aliphatic carboxylic acids is 1. The molecule has 0 heterocycles.